The van der Waals surface area contributed by atoms with E-state index >= 15 is 0 Å². The predicted octanol–water partition coefficient (Wildman–Crippen LogP) is 2.06. The van der Waals surface area contributed by atoms with Crippen molar-refractivity contribution in [1.82, 2.24) is 4.98 Å². The van der Waals surface area contributed by atoms with Gasteiger partial charge >= 0.3 is 5.97 Å². The Morgan fingerprint density at radius 3 is 2.92 bits per heavy atom. The van der Waals surface area contributed by atoms with Gasteiger partial charge in [-0.05, 0) is 24.5 Å². The van der Waals surface area contributed by atoms with Crippen LogP contribution >= 0.6 is 11.6 Å². The summed E-state index contributed by atoms with van der Waals surface area (Å²) in [6.07, 6.45) is 2.24. The topological polar surface area (TPSA) is 50.2 Å². The molecule has 0 aliphatic carbocycles. The highest BCUT2D eigenvalue weighted by molar-refractivity contribution is 6.30. The first-order valence-electron chi connectivity index (χ1n) is 3.92. The van der Waals surface area contributed by atoms with Crippen LogP contribution in [0.15, 0.2) is 12.3 Å². The molecule has 3 nitrogen and oxygen atoms in total. The van der Waals surface area contributed by atoms with Crippen LogP contribution < -0.4 is 0 Å². The van der Waals surface area contributed by atoms with Crippen molar-refractivity contribution < 1.29 is 9.90 Å². The zero-order valence-corrected chi connectivity index (χ0v) is 8.01. The van der Waals surface area contributed by atoms with Crippen molar-refractivity contribution in [1.29, 1.82) is 0 Å². The van der Waals surface area contributed by atoms with Gasteiger partial charge in [0.2, 0.25) is 0 Å². The molecule has 0 spiro atoms. The average Bonchev–Trinajstić information content (AvgIpc) is 2.07. The lowest BCUT2D eigenvalue weighted by Gasteiger charge is -2.00. The molecule has 0 saturated carbocycles. The van der Waals surface area contributed by atoms with Crippen molar-refractivity contribution in [2.45, 2.75) is 19.8 Å². The van der Waals surface area contributed by atoms with Crippen LogP contribution in [-0.4, -0.2) is 16.1 Å². The summed E-state index contributed by atoms with van der Waals surface area (Å²) in [4.78, 5) is 14.2. The number of nitrogens with zero attached hydrogens (tertiary/aromatic N) is 1. The van der Waals surface area contributed by atoms with Crippen LogP contribution in [0.1, 0.15) is 17.5 Å². The predicted molar refractivity (Wildman–Crippen MR) is 49.9 cm³/mol. The number of pyridine rings is 1. The first-order valence-corrected chi connectivity index (χ1v) is 4.30. The fourth-order valence-corrected chi connectivity index (χ4v) is 1.11. The number of carboxylic acids is 1. The van der Waals surface area contributed by atoms with Gasteiger partial charge in [0.1, 0.15) is 5.15 Å². The van der Waals surface area contributed by atoms with E-state index in [2.05, 4.69) is 4.98 Å². The Bertz CT molecular complexity index is 325. The lowest BCUT2D eigenvalue weighted by Crippen LogP contribution is -1.98. The van der Waals surface area contributed by atoms with E-state index in [0.29, 0.717) is 11.6 Å². The van der Waals surface area contributed by atoms with Gasteiger partial charge in [-0.15, -0.1) is 0 Å². The number of rotatable bonds is 3. The number of aryl methyl sites for hydroxylation is 2. The molecule has 1 heterocycles. The van der Waals surface area contributed by atoms with Gasteiger partial charge in [-0.3, -0.25) is 4.79 Å². The van der Waals surface area contributed by atoms with Gasteiger partial charge in [-0.2, -0.15) is 0 Å². The van der Waals surface area contributed by atoms with Crippen molar-refractivity contribution in [2.75, 3.05) is 0 Å². The summed E-state index contributed by atoms with van der Waals surface area (Å²) in [6, 6.07) is 1.86. The molecule has 0 radical (unpaired) electrons. The lowest BCUT2D eigenvalue weighted by atomic mass is 10.1. The first-order chi connectivity index (χ1) is 6.09. The third-order valence-electron chi connectivity index (χ3n) is 1.70. The van der Waals surface area contributed by atoms with Crippen molar-refractivity contribution in [3.05, 3.63) is 28.5 Å². The van der Waals surface area contributed by atoms with Gasteiger partial charge in [-0.25, -0.2) is 4.98 Å². The summed E-state index contributed by atoms with van der Waals surface area (Å²) in [5, 5.41) is 8.92. The largest absolute Gasteiger partial charge is 0.481 e. The number of hydrogen-bond acceptors (Lipinski definition) is 2. The molecule has 4 heteroatoms. The lowest BCUT2D eigenvalue weighted by molar-refractivity contribution is -0.136. The van der Waals surface area contributed by atoms with Crippen LogP contribution in [0.2, 0.25) is 5.15 Å². The zero-order chi connectivity index (χ0) is 9.84. The number of aromatic nitrogens is 1. The first kappa shape index (κ1) is 9.99. The Balaban J connectivity index is 2.68. The molecule has 1 aromatic rings. The Morgan fingerprint density at radius 2 is 2.38 bits per heavy atom. The molecule has 0 aliphatic heterocycles. The van der Waals surface area contributed by atoms with E-state index in [9.17, 15) is 4.79 Å². The van der Waals surface area contributed by atoms with Crippen LogP contribution in [0.4, 0.5) is 0 Å². The Kier molecular flexibility index (Phi) is 3.25. The van der Waals surface area contributed by atoms with Crippen molar-refractivity contribution in [2.24, 2.45) is 0 Å². The third-order valence-corrected chi connectivity index (χ3v) is 2.09. The number of carboxylic acid groups (broad SMARTS) is 1. The molecule has 0 unspecified atom stereocenters. The number of carbonyl (C=O) groups is 1. The summed E-state index contributed by atoms with van der Waals surface area (Å²) in [7, 11) is 0. The second kappa shape index (κ2) is 4.23. The molecule has 1 rings (SSSR count). The molecule has 0 aliphatic rings. The minimum Gasteiger partial charge on any atom is -0.481 e. The van der Waals surface area contributed by atoms with Crippen molar-refractivity contribution in [3.8, 4) is 0 Å². The standard InChI is InChI=1S/C9H10ClNO2/c1-6-4-7(2-3-8(12)13)5-11-9(6)10/h4-5H,2-3H2,1H3,(H,12,13). The fourth-order valence-electron chi connectivity index (χ4n) is 1.00. The molecule has 0 saturated heterocycles. The fraction of sp³-hybridized carbons (Fsp3) is 0.333. The average molecular weight is 200 g/mol. The molecular weight excluding hydrogens is 190 g/mol. The van der Waals surface area contributed by atoms with Crippen LogP contribution in [0, 0.1) is 6.92 Å². The molecule has 1 N–H and O–H groups in total. The highest BCUT2D eigenvalue weighted by Crippen LogP contribution is 2.13. The molecule has 13 heavy (non-hydrogen) atoms. The van der Waals surface area contributed by atoms with Crippen molar-refractivity contribution >= 4 is 17.6 Å². The molecule has 0 bridgehead atoms. The summed E-state index contributed by atoms with van der Waals surface area (Å²) >= 11 is 5.72. The van der Waals surface area contributed by atoms with Gasteiger partial charge in [-0.1, -0.05) is 17.7 Å². The Labute approximate surface area is 81.4 Å². The molecular formula is C9H10ClNO2. The Hall–Kier alpha value is -1.09. The number of hydrogen-bond donors (Lipinski definition) is 1. The van der Waals surface area contributed by atoms with Gasteiger partial charge < -0.3 is 5.11 Å². The van der Waals surface area contributed by atoms with Crippen LogP contribution in [0.25, 0.3) is 0 Å². The molecule has 0 atom stereocenters. The van der Waals surface area contributed by atoms with E-state index in [1.165, 1.54) is 0 Å². The van der Waals surface area contributed by atoms with Crippen LogP contribution in [0.3, 0.4) is 0 Å². The van der Waals surface area contributed by atoms with Crippen LogP contribution in [0.5, 0.6) is 0 Å². The second-order valence-corrected chi connectivity index (χ2v) is 3.20. The summed E-state index contributed by atoms with van der Waals surface area (Å²) in [5.41, 5.74) is 1.79. The molecule has 0 aromatic carbocycles. The van der Waals surface area contributed by atoms with E-state index in [0.717, 1.165) is 11.1 Å². The van der Waals surface area contributed by atoms with E-state index in [1.807, 2.05) is 13.0 Å². The minimum atomic E-state index is -0.799. The van der Waals surface area contributed by atoms with E-state index < -0.39 is 5.97 Å². The summed E-state index contributed by atoms with van der Waals surface area (Å²) in [5.74, 6) is -0.799. The molecule has 0 amide bonds. The second-order valence-electron chi connectivity index (χ2n) is 2.85. The number of aliphatic carboxylic acids is 1. The minimum absolute atomic E-state index is 0.128. The zero-order valence-electron chi connectivity index (χ0n) is 7.25. The van der Waals surface area contributed by atoms with E-state index in [-0.39, 0.29) is 6.42 Å². The molecule has 70 valence electrons. The van der Waals surface area contributed by atoms with Gasteiger partial charge in [0.25, 0.3) is 0 Å². The monoisotopic (exact) mass is 199 g/mol. The SMILES string of the molecule is Cc1cc(CCC(=O)O)cnc1Cl. The highest BCUT2D eigenvalue weighted by Gasteiger charge is 2.01. The Morgan fingerprint density at radius 1 is 1.69 bits per heavy atom. The van der Waals surface area contributed by atoms with Gasteiger partial charge in [0.15, 0.2) is 0 Å². The molecule has 0 fully saturated rings. The third kappa shape index (κ3) is 3.03. The van der Waals surface area contributed by atoms with E-state index in [1.54, 1.807) is 6.20 Å². The quantitative estimate of drug-likeness (QED) is 0.759. The van der Waals surface area contributed by atoms with Gasteiger partial charge in [0.05, 0.1) is 0 Å². The number of halogens is 1. The van der Waals surface area contributed by atoms with Gasteiger partial charge in [0, 0.05) is 12.6 Å². The molecule has 1 aromatic heterocycles. The summed E-state index contributed by atoms with van der Waals surface area (Å²) < 4.78 is 0. The van der Waals surface area contributed by atoms with Crippen molar-refractivity contribution in [3.63, 3.8) is 0 Å². The summed E-state index contributed by atoms with van der Waals surface area (Å²) in [6.45, 7) is 1.85. The van der Waals surface area contributed by atoms with E-state index in [4.69, 9.17) is 16.7 Å². The maximum atomic E-state index is 10.3. The normalized spacial score (nSPS) is 10.0. The van der Waals surface area contributed by atoms with Crippen LogP contribution in [-0.2, 0) is 11.2 Å². The highest BCUT2D eigenvalue weighted by atomic mass is 35.5. The maximum Gasteiger partial charge on any atom is 0.303 e. The smallest absolute Gasteiger partial charge is 0.303 e. The maximum absolute atomic E-state index is 10.3.